The van der Waals surface area contributed by atoms with Crippen LogP contribution < -0.4 is 51.5 Å². The van der Waals surface area contributed by atoms with Gasteiger partial charge < -0.3 is 91.5 Å². The molecule has 4 aromatic carbocycles. The Morgan fingerprint density at radius 2 is 0.929 bits per heavy atom. The van der Waals surface area contributed by atoms with Crippen molar-refractivity contribution in [1.82, 2.24) is 71.2 Å². The van der Waals surface area contributed by atoms with E-state index in [4.69, 9.17) is 22.8 Å². The number of pyridine rings is 2. The molecule has 2 spiro atoms. The maximum Gasteiger partial charge on any atom is 0.246 e. The van der Waals surface area contributed by atoms with Gasteiger partial charge in [0.2, 0.25) is 35.4 Å². The zero-order valence-electron chi connectivity index (χ0n) is 81.3. The van der Waals surface area contributed by atoms with E-state index in [1.807, 2.05) is 95.3 Å². The lowest BCUT2D eigenvalue weighted by Crippen LogP contribution is -2.60. The van der Waals surface area contributed by atoms with Gasteiger partial charge in [-0.1, -0.05) is 107 Å². The standard InChI is InChI=1S/C110H134N20O10/c1-8-68-18-20-69(21-19-68)58-115-103(137)92-50-84(132)67-130(92)106(140)98(118-102(136)75-30-38-110(39-31-75)56-80(57-110)124-42-34-73(35-43-124)77-25-27-96(112-61-77)126-45-47-128-82(65-126)63-114-100-90(128)52-88(120-122-100)86-15-11-13-17-94(86)134)108(6,7)53-78-48-70(22-23-71(78)9-2)59-116-104(138)91-49-83(131)66-129(91)105(139)97(107(3,4)5)117-101(135)74-28-36-109(37-29-74)54-79(55-109)123-40-32-72(33-41-123)76-24-26-95(111-60-76)125-44-46-127-81(64-125)62-113-99-89(127)51-87(119-121-99)85-14-10-12-16-93(85)133/h1-2,10-27,48,51-52,60-61,72-75,79-84,91-92,97-98,131-134H,28-47,49-50,53-59,62-67H2,3-7H3,(H,113,121)(H,114,122)(H,115,137)(H,116,138)(H,117,135)(H,118,136)/t74?,75?,79?,80?,81-,82-,83+,84+,91-,92-,97+,98+,109?,110?/m0/s1. The van der Waals surface area contributed by atoms with Crippen molar-refractivity contribution in [2.45, 2.75) is 242 Å². The number of aromatic hydroxyl groups is 2. The predicted molar refractivity (Wildman–Crippen MR) is 538 cm³/mol. The van der Waals surface area contributed by atoms with Crippen LogP contribution in [0.5, 0.6) is 11.5 Å². The summed E-state index contributed by atoms with van der Waals surface area (Å²) in [7, 11) is 0. The molecule has 6 saturated heterocycles. The number of β-amino-alcohol motifs (C(OH)–C–C–N with tert-alkyl or cyclic N) is 2. The first-order chi connectivity index (χ1) is 67.6. The first-order valence-corrected chi connectivity index (χ1v) is 51.1. The van der Waals surface area contributed by atoms with Crippen LogP contribution in [-0.2, 0) is 48.3 Å². The number of nitrogens with zero attached hydrogens (tertiary/aromatic N) is 14. The van der Waals surface area contributed by atoms with Gasteiger partial charge in [0.15, 0.2) is 11.6 Å². The van der Waals surface area contributed by atoms with Crippen molar-refractivity contribution in [1.29, 1.82) is 0 Å². The van der Waals surface area contributed by atoms with Crippen molar-refractivity contribution in [2.75, 3.05) is 122 Å². The third kappa shape index (κ3) is 19.8. The van der Waals surface area contributed by atoms with Crippen LogP contribution in [0.1, 0.15) is 201 Å². The second-order valence-corrected chi connectivity index (χ2v) is 44.1. The minimum Gasteiger partial charge on any atom is -0.507 e. The molecule has 8 atom stereocenters. The van der Waals surface area contributed by atoms with Crippen LogP contribution in [0.4, 0.5) is 34.6 Å². The number of aromatic nitrogens is 6. The molecule has 4 saturated carbocycles. The smallest absolute Gasteiger partial charge is 0.246 e. The number of nitrogens with one attached hydrogen (secondary N) is 6. The van der Waals surface area contributed by atoms with E-state index in [2.05, 4.69) is 130 Å². The van der Waals surface area contributed by atoms with Gasteiger partial charge in [0.25, 0.3) is 0 Å². The topological polar surface area (TPSA) is 359 Å². The van der Waals surface area contributed by atoms with Gasteiger partial charge in [0.1, 0.15) is 47.3 Å². The zero-order chi connectivity index (χ0) is 97.0. The van der Waals surface area contributed by atoms with Crippen molar-refractivity contribution in [2.24, 2.45) is 33.5 Å². The minimum absolute atomic E-state index is 0.000431. The lowest BCUT2D eigenvalue weighted by atomic mass is 9.56. The SMILES string of the molecule is C#Cc1ccc(CNC(=O)[C@@H]2C[C@@H](O)CN2C(=O)[C@@H](NC(=O)C2CCC3(CC2)CC(N2CCC(c4ccc(N5CCN6c7cc(-c8ccccc8O)nnc7NC[C@H]6C5)nc4)CC2)C3)C(C)(C)Cc2cc(CNC(=O)[C@@H]3C[C@@H](O)CN3C(=O)[C@@H](NC(=O)C3CCC4(CC3)CC(N3CCC(c5ccc(N6CCN7c8cc(-c9ccccc9O)nnc8NC[C@H]7C6)nc5)CC3)C4)C(C)(C)C)ccc2C#C)cc1. The Morgan fingerprint density at radius 3 is 1.36 bits per heavy atom. The van der Waals surface area contributed by atoms with Gasteiger partial charge in [-0.3, -0.25) is 28.8 Å². The van der Waals surface area contributed by atoms with Crippen LogP contribution in [-0.4, -0.2) is 258 Å². The molecule has 10 N–H and O–H groups in total. The molecule has 12 aliphatic rings. The van der Waals surface area contributed by atoms with Crippen LogP contribution in [0.3, 0.4) is 0 Å². The molecule has 0 unspecified atom stereocenters. The number of hydrogen-bond acceptors (Lipinski definition) is 24. The number of carbonyl (C=O) groups is 6. The van der Waals surface area contributed by atoms with Crippen LogP contribution >= 0.6 is 0 Å². The van der Waals surface area contributed by atoms with E-state index < -0.39 is 70.8 Å². The lowest BCUT2D eigenvalue weighted by Gasteiger charge is -2.55. The van der Waals surface area contributed by atoms with E-state index in [0.717, 1.165) is 209 Å². The lowest BCUT2D eigenvalue weighted by molar-refractivity contribution is -0.145. The highest BCUT2D eigenvalue weighted by atomic mass is 16.3. The number of anilines is 6. The summed E-state index contributed by atoms with van der Waals surface area (Å²) in [5, 5.41) is 81.2. The van der Waals surface area contributed by atoms with Gasteiger partial charge in [0, 0.05) is 150 Å². The number of piperazine rings is 2. The molecule has 12 heterocycles. The van der Waals surface area contributed by atoms with Gasteiger partial charge >= 0.3 is 0 Å². The second kappa shape index (κ2) is 39.5. The van der Waals surface area contributed by atoms with Crippen LogP contribution in [0.15, 0.2) is 140 Å². The summed E-state index contributed by atoms with van der Waals surface area (Å²) in [4.78, 5) is 117. The molecule has 4 aliphatic carbocycles. The molecule has 30 heteroatoms. The predicted octanol–water partition coefficient (Wildman–Crippen LogP) is 10.9. The molecule has 6 amide bonds. The Morgan fingerprint density at radius 1 is 0.486 bits per heavy atom. The highest BCUT2D eigenvalue weighted by Gasteiger charge is 2.54. The summed E-state index contributed by atoms with van der Waals surface area (Å²) in [5.74, 6) is 7.33. The van der Waals surface area contributed by atoms with Crippen molar-refractivity contribution < 1.29 is 49.2 Å². The average Bonchev–Trinajstić information content (AvgIpc) is 0.859. The van der Waals surface area contributed by atoms with E-state index in [-0.39, 0.29) is 104 Å². The summed E-state index contributed by atoms with van der Waals surface area (Å²) in [5.41, 5.74) is 9.07. The fraction of sp³-hybridized carbons (Fsp3) is 0.527. The number of benzene rings is 4. The Balaban J connectivity index is 0.424. The molecule has 140 heavy (non-hydrogen) atoms. The Kier molecular flexibility index (Phi) is 26.9. The molecule has 30 nitrogen and oxygen atoms in total. The summed E-state index contributed by atoms with van der Waals surface area (Å²) < 4.78 is 0. The summed E-state index contributed by atoms with van der Waals surface area (Å²) in [6, 6.07) is 37.4. The molecule has 0 bridgehead atoms. The van der Waals surface area contributed by atoms with Crippen molar-refractivity contribution in [3.8, 4) is 58.7 Å². The van der Waals surface area contributed by atoms with E-state index in [1.165, 1.54) is 20.9 Å². The van der Waals surface area contributed by atoms with Crippen LogP contribution in [0.2, 0.25) is 0 Å². The van der Waals surface area contributed by atoms with Crippen LogP contribution in [0.25, 0.3) is 22.5 Å². The van der Waals surface area contributed by atoms with E-state index in [0.29, 0.717) is 81.5 Å². The summed E-state index contributed by atoms with van der Waals surface area (Å²) in [6.07, 6.45) is 29.5. The van der Waals surface area contributed by atoms with Crippen molar-refractivity contribution in [3.63, 3.8) is 0 Å². The summed E-state index contributed by atoms with van der Waals surface area (Å²) in [6.45, 7) is 20.0. The number of para-hydroxylation sites is 2. The molecule has 10 fully saturated rings. The van der Waals surface area contributed by atoms with E-state index in [1.54, 1.807) is 42.5 Å². The molecule has 0 radical (unpaired) electrons. The quantitative estimate of drug-likeness (QED) is 0.0266. The van der Waals surface area contributed by atoms with Gasteiger partial charge in [-0.05, 0) is 263 Å². The molecule has 8 aliphatic heterocycles. The number of hydrogen-bond donors (Lipinski definition) is 10. The second-order valence-electron chi connectivity index (χ2n) is 44.1. The molecule has 20 rings (SSSR count). The minimum atomic E-state index is -1.18. The summed E-state index contributed by atoms with van der Waals surface area (Å²) >= 11 is 0. The molecule has 734 valence electrons. The first kappa shape index (κ1) is 95.1. The number of aliphatic hydroxyl groups excluding tert-OH is 2. The molecule has 4 aromatic heterocycles. The average molecular weight is 1900 g/mol. The maximum atomic E-state index is 15.7. The number of carbonyl (C=O) groups excluding carboxylic acids is 6. The van der Waals surface area contributed by atoms with Gasteiger partial charge in [0.05, 0.1) is 47.1 Å². The molecular formula is C110H134N20O10. The Bertz CT molecular complexity index is 5990. The number of fused-ring (bicyclic) bond motifs is 6. The van der Waals surface area contributed by atoms with Gasteiger partial charge in [-0.15, -0.1) is 33.2 Å². The highest BCUT2D eigenvalue weighted by molar-refractivity contribution is 5.95. The number of terminal acetylenes is 2. The van der Waals surface area contributed by atoms with Crippen LogP contribution in [0, 0.1) is 58.2 Å². The number of likely N-dealkylation sites (tertiary alicyclic amines) is 4. The number of piperidine rings is 2. The monoisotopic (exact) mass is 1900 g/mol. The number of phenolic OH excluding ortho intramolecular Hbond substituents is 2. The van der Waals surface area contributed by atoms with Crippen molar-refractivity contribution >= 4 is 70.1 Å². The largest absolute Gasteiger partial charge is 0.507 e. The van der Waals surface area contributed by atoms with E-state index in [9.17, 15) is 34.8 Å². The van der Waals surface area contributed by atoms with Crippen molar-refractivity contribution in [3.05, 3.63) is 179 Å². The Hall–Kier alpha value is -12.5. The van der Waals surface area contributed by atoms with E-state index >= 15 is 14.4 Å². The fourth-order valence-corrected chi connectivity index (χ4v) is 25.4. The van der Waals surface area contributed by atoms with Gasteiger partial charge in [-0.25, -0.2) is 9.97 Å². The number of rotatable bonds is 23. The molecule has 8 aromatic rings. The number of aliphatic hydroxyl groups is 2. The highest BCUT2D eigenvalue weighted by Crippen LogP contribution is 2.57. The molecular weight excluding hydrogens is 1760 g/mol. The maximum absolute atomic E-state index is 15.7. The fourth-order valence-electron chi connectivity index (χ4n) is 25.4. The zero-order valence-corrected chi connectivity index (χ0v) is 81.3. The Labute approximate surface area is 820 Å². The van der Waals surface area contributed by atoms with Gasteiger partial charge in [-0.2, -0.15) is 0 Å². The third-order valence-corrected chi connectivity index (χ3v) is 33.7. The normalized spacial score (nSPS) is 26.4. The first-order valence-electron chi connectivity index (χ1n) is 51.1. The number of amides is 6. The third-order valence-electron chi connectivity index (χ3n) is 33.7. The number of phenols is 2.